The molecule has 1 aromatic carbocycles. The normalized spacial score (nSPS) is 23.1. The van der Waals surface area contributed by atoms with Crippen molar-refractivity contribution in [1.82, 2.24) is 9.80 Å². The molecule has 2 saturated heterocycles. The van der Waals surface area contributed by atoms with Gasteiger partial charge < -0.3 is 15.5 Å². The predicted octanol–water partition coefficient (Wildman–Crippen LogP) is 2.98. The first kappa shape index (κ1) is 20.4. The number of amides is 2. The molecule has 5 nitrogen and oxygen atoms in total. The highest BCUT2D eigenvalue weighted by atomic mass is 16.2. The van der Waals surface area contributed by atoms with E-state index in [9.17, 15) is 9.59 Å². The van der Waals surface area contributed by atoms with Gasteiger partial charge in [0.05, 0.1) is 5.41 Å². The predicted molar refractivity (Wildman–Crippen MR) is 114 cm³/mol. The molecular formula is C24H35N3O2. The summed E-state index contributed by atoms with van der Waals surface area (Å²) >= 11 is 0. The van der Waals surface area contributed by atoms with Gasteiger partial charge in [-0.25, -0.2) is 0 Å². The summed E-state index contributed by atoms with van der Waals surface area (Å²) in [5, 5.41) is 0. The second-order valence-corrected chi connectivity index (χ2v) is 9.43. The molecule has 3 fully saturated rings. The van der Waals surface area contributed by atoms with Crippen LogP contribution in [0.25, 0.3) is 0 Å². The van der Waals surface area contributed by atoms with Gasteiger partial charge in [-0.2, -0.15) is 0 Å². The first-order valence-electron chi connectivity index (χ1n) is 11.4. The topological polar surface area (TPSA) is 66.6 Å². The lowest BCUT2D eigenvalue weighted by atomic mass is 9.73. The summed E-state index contributed by atoms with van der Waals surface area (Å²) in [4.78, 5) is 29.3. The van der Waals surface area contributed by atoms with E-state index in [1.54, 1.807) is 0 Å². The second-order valence-electron chi connectivity index (χ2n) is 9.43. The smallest absolute Gasteiger partial charge is 0.223 e. The van der Waals surface area contributed by atoms with Gasteiger partial charge in [0.2, 0.25) is 11.8 Å². The molecule has 2 heterocycles. The Bertz CT molecular complexity index is 700. The average molecular weight is 398 g/mol. The maximum atomic E-state index is 12.6. The summed E-state index contributed by atoms with van der Waals surface area (Å²) in [6.45, 7) is 3.67. The van der Waals surface area contributed by atoms with Gasteiger partial charge in [0.1, 0.15) is 0 Å². The zero-order chi connectivity index (χ0) is 20.3. The van der Waals surface area contributed by atoms with E-state index in [1.165, 1.54) is 18.4 Å². The summed E-state index contributed by atoms with van der Waals surface area (Å²) in [7, 11) is 0. The molecule has 1 saturated carbocycles. The maximum absolute atomic E-state index is 12.6. The van der Waals surface area contributed by atoms with Gasteiger partial charge in [0.15, 0.2) is 0 Å². The van der Waals surface area contributed by atoms with Gasteiger partial charge in [-0.1, -0.05) is 43.2 Å². The Morgan fingerprint density at radius 3 is 2.21 bits per heavy atom. The highest BCUT2D eigenvalue weighted by Crippen LogP contribution is 2.46. The van der Waals surface area contributed by atoms with Crippen LogP contribution in [0.2, 0.25) is 0 Å². The Hall–Kier alpha value is -1.88. The van der Waals surface area contributed by atoms with Gasteiger partial charge in [-0.3, -0.25) is 9.59 Å². The van der Waals surface area contributed by atoms with Crippen molar-refractivity contribution in [2.75, 3.05) is 26.2 Å². The second kappa shape index (κ2) is 8.86. The van der Waals surface area contributed by atoms with Gasteiger partial charge in [0.25, 0.3) is 0 Å². The van der Waals surface area contributed by atoms with Crippen LogP contribution in [0.3, 0.4) is 0 Å². The highest BCUT2D eigenvalue weighted by molar-refractivity contribution is 5.81. The largest absolute Gasteiger partial charge is 0.369 e. The summed E-state index contributed by atoms with van der Waals surface area (Å²) in [6, 6.07) is 10.8. The Kier molecular flexibility index (Phi) is 6.23. The van der Waals surface area contributed by atoms with Crippen LogP contribution in [0.4, 0.5) is 0 Å². The van der Waals surface area contributed by atoms with Crippen molar-refractivity contribution in [2.45, 2.75) is 63.8 Å². The average Bonchev–Trinajstić information content (AvgIpc) is 3.57. The number of likely N-dealkylation sites (tertiary alicyclic amines) is 2. The zero-order valence-corrected chi connectivity index (χ0v) is 17.5. The summed E-state index contributed by atoms with van der Waals surface area (Å²) < 4.78 is 0. The first-order valence-corrected chi connectivity index (χ1v) is 11.4. The van der Waals surface area contributed by atoms with Crippen molar-refractivity contribution in [1.29, 1.82) is 0 Å². The third-order valence-corrected chi connectivity index (χ3v) is 7.46. The zero-order valence-electron chi connectivity index (χ0n) is 17.5. The third-order valence-electron chi connectivity index (χ3n) is 7.46. The number of aryl methyl sites for hydroxylation is 1. The van der Waals surface area contributed by atoms with E-state index >= 15 is 0 Å². The number of nitrogens with zero attached hydrogens (tertiary/aromatic N) is 2. The van der Waals surface area contributed by atoms with Gasteiger partial charge in [0, 0.05) is 25.6 Å². The molecule has 0 bridgehead atoms. The van der Waals surface area contributed by atoms with Crippen LogP contribution >= 0.6 is 0 Å². The fourth-order valence-electron chi connectivity index (χ4n) is 5.28. The number of carbonyl (C=O) groups excluding carboxylic acids is 2. The SMILES string of the molecule is NC(=O)C1(CC2CC2)CCN(C2CCN(C(=O)CCc3ccccc3)CC2)CC1. The molecule has 0 spiro atoms. The van der Waals surface area contributed by atoms with Crippen molar-refractivity contribution in [3.63, 3.8) is 0 Å². The van der Waals surface area contributed by atoms with Crippen LogP contribution in [0.15, 0.2) is 30.3 Å². The van der Waals surface area contributed by atoms with Crippen LogP contribution in [0.1, 0.15) is 56.9 Å². The molecule has 0 unspecified atom stereocenters. The molecule has 158 valence electrons. The molecule has 5 heteroatoms. The summed E-state index contributed by atoms with van der Waals surface area (Å²) in [5.74, 6) is 0.935. The number of rotatable bonds is 7. The van der Waals surface area contributed by atoms with Gasteiger partial charge in [-0.15, -0.1) is 0 Å². The maximum Gasteiger partial charge on any atom is 0.223 e. The summed E-state index contributed by atoms with van der Waals surface area (Å²) in [5.41, 5.74) is 6.79. The number of benzene rings is 1. The molecule has 2 amide bonds. The van der Waals surface area contributed by atoms with Crippen LogP contribution in [0.5, 0.6) is 0 Å². The summed E-state index contributed by atoms with van der Waals surface area (Å²) in [6.07, 6.45) is 8.88. The van der Waals surface area contributed by atoms with Crippen molar-refractivity contribution < 1.29 is 9.59 Å². The van der Waals surface area contributed by atoms with E-state index in [1.807, 2.05) is 23.1 Å². The third kappa shape index (κ3) is 5.00. The lowest BCUT2D eigenvalue weighted by Crippen LogP contribution is -2.53. The van der Waals surface area contributed by atoms with Gasteiger partial charge >= 0.3 is 0 Å². The van der Waals surface area contributed by atoms with E-state index in [4.69, 9.17) is 5.73 Å². The van der Waals surface area contributed by atoms with Crippen molar-refractivity contribution in [3.05, 3.63) is 35.9 Å². The molecule has 2 aliphatic heterocycles. The lowest BCUT2D eigenvalue weighted by molar-refractivity contribution is -0.135. The van der Waals surface area contributed by atoms with Crippen LogP contribution in [-0.2, 0) is 16.0 Å². The Morgan fingerprint density at radius 1 is 0.966 bits per heavy atom. The molecule has 3 aliphatic rings. The molecule has 2 N–H and O–H groups in total. The number of primary amides is 1. The van der Waals surface area contributed by atoms with E-state index < -0.39 is 0 Å². The number of piperidine rings is 2. The Morgan fingerprint density at radius 2 is 1.62 bits per heavy atom. The molecular weight excluding hydrogens is 362 g/mol. The number of carbonyl (C=O) groups is 2. The van der Waals surface area contributed by atoms with Crippen LogP contribution < -0.4 is 5.73 Å². The Labute approximate surface area is 174 Å². The number of hydrogen-bond acceptors (Lipinski definition) is 3. The minimum absolute atomic E-state index is 0.0807. The quantitative estimate of drug-likeness (QED) is 0.769. The van der Waals surface area contributed by atoms with E-state index in [0.717, 1.165) is 70.6 Å². The van der Waals surface area contributed by atoms with E-state index in [-0.39, 0.29) is 17.2 Å². The first-order chi connectivity index (χ1) is 14.1. The van der Waals surface area contributed by atoms with Crippen LogP contribution in [-0.4, -0.2) is 53.8 Å². The molecule has 0 aromatic heterocycles. The molecule has 1 aliphatic carbocycles. The molecule has 0 radical (unpaired) electrons. The minimum atomic E-state index is -0.258. The van der Waals surface area contributed by atoms with E-state index in [0.29, 0.717) is 12.5 Å². The van der Waals surface area contributed by atoms with Crippen molar-refractivity contribution >= 4 is 11.8 Å². The Balaban J connectivity index is 1.21. The number of nitrogens with two attached hydrogens (primary N) is 1. The molecule has 29 heavy (non-hydrogen) atoms. The van der Waals surface area contributed by atoms with Gasteiger partial charge in [-0.05, 0) is 63.1 Å². The lowest BCUT2D eigenvalue weighted by Gasteiger charge is -2.45. The fraction of sp³-hybridized carbons (Fsp3) is 0.667. The van der Waals surface area contributed by atoms with Crippen LogP contribution in [0, 0.1) is 11.3 Å². The molecule has 1 aromatic rings. The fourth-order valence-corrected chi connectivity index (χ4v) is 5.28. The van der Waals surface area contributed by atoms with E-state index in [2.05, 4.69) is 17.0 Å². The highest BCUT2D eigenvalue weighted by Gasteiger charge is 2.44. The van der Waals surface area contributed by atoms with Crippen molar-refractivity contribution in [3.8, 4) is 0 Å². The van der Waals surface area contributed by atoms with Crippen molar-refractivity contribution in [2.24, 2.45) is 17.1 Å². The molecule has 0 atom stereocenters. The molecule has 4 rings (SSSR count). The standard InChI is InChI=1S/C24H35N3O2/c25-23(29)24(18-20-6-7-20)12-16-26(17-13-24)21-10-14-27(15-11-21)22(28)9-8-19-4-2-1-3-5-19/h1-5,20-21H,6-18H2,(H2,25,29). The number of hydrogen-bond donors (Lipinski definition) is 1. The monoisotopic (exact) mass is 397 g/mol. The minimum Gasteiger partial charge on any atom is -0.369 e.